The minimum Gasteiger partial charge on any atom is -0.497 e. The number of carbonyl (C=O) groups excluding carboxylic acids is 1. The van der Waals surface area contributed by atoms with Crippen molar-refractivity contribution in [3.8, 4) is 11.5 Å². The molecule has 0 fully saturated rings. The van der Waals surface area contributed by atoms with Crippen molar-refractivity contribution < 1.29 is 14.3 Å². The standard InChI is InChI=1S/C24H26ClN5O3/c1-24(2,3)23-22(29-15-26-14-27-29)21(16-5-9-18(32-4)10-6-16)30(28-23)20(31)13-33-19-11-7-17(25)8-12-19/h5-12,14-15,21-22H,13H2,1-4H3. The number of nitrogens with zero attached hydrogens (tertiary/aromatic N) is 5. The van der Waals surface area contributed by atoms with Crippen molar-refractivity contribution in [1.82, 2.24) is 19.8 Å². The van der Waals surface area contributed by atoms with Crippen LogP contribution in [0.4, 0.5) is 0 Å². The number of hydrazone groups is 1. The third kappa shape index (κ3) is 4.85. The van der Waals surface area contributed by atoms with Crippen molar-refractivity contribution in [2.45, 2.75) is 32.9 Å². The Morgan fingerprint density at radius 3 is 2.27 bits per heavy atom. The number of methoxy groups -OCH3 is 1. The van der Waals surface area contributed by atoms with E-state index in [9.17, 15) is 4.79 Å². The van der Waals surface area contributed by atoms with E-state index in [1.807, 2.05) is 24.3 Å². The zero-order chi connectivity index (χ0) is 23.6. The molecular weight excluding hydrogens is 442 g/mol. The van der Waals surface area contributed by atoms with Crippen LogP contribution in [0.15, 0.2) is 66.3 Å². The van der Waals surface area contributed by atoms with Gasteiger partial charge >= 0.3 is 0 Å². The zero-order valence-electron chi connectivity index (χ0n) is 19.0. The van der Waals surface area contributed by atoms with Crippen molar-refractivity contribution in [1.29, 1.82) is 0 Å². The van der Waals surface area contributed by atoms with Crippen molar-refractivity contribution in [3.63, 3.8) is 0 Å². The minimum absolute atomic E-state index is 0.167. The summed E-state index contributed by atoms with van der Waals surface area (Å²) < 4.78 is 12.8. The largest absolute Gasteiger partial charge is 0.497 e. The van der Waals surface area contributed by atoms with Gasteiger partial charge in [0.2, 0.25) is 0 Å². The molecule has 9 heteroatoms. The summed E-state index contributed by atoms with van der Waals surface area (Å²) in [6.07, 6.45) is 3.14. The molecule has 0 spiro atoms. The van der Waals surface area contributed by atoms with Gasteiger partial charge in [-0.05, 0) is 42.0 Å². The molecule has 0 bridgehead atoms. The highest BCUT2D eigenvalue weighted by Gasteiger charge is 2.46. The Labute approximate surface area is 197 Å². The molecule has 2 heterocycles. The van der Waals surface area contributed by atoms with E-state index >= 15 is 0 Å². The first-order chi connectivity index (χ1) is 15.8. The molecule has 2 unspecified atom stereocenters. The topological polar surface area (TPSA) is 81.8 Å². The van der Waals surface area contributed by atoms with Crippen LogP contribution < -0.4 is 9.47 Å². The van der Waals surface area contributed by atoms with Gasteiger partial charge in [0, 0.05) is 10.4 Å². The predicted molar refractivity (Wildman–Crippen MR) is 125 cm³/mol. The molecule has 1 amide bonds. The Morgan fingerprint density at radius 2 is 1.70 bits per heavy atom. The van der Waals surface area contributed by atoms with E-state index in [1.54, 1.807) is 42.4 Å². The monoisotopic (exact) mass is 467 g/mol. The Morgan fingerprint density at radius 1 is 1.03 bits per heavy atom. The smallest absolute Gasteiger partial charge is 0.281 e. The molecule has 8 nitrogen and oxygen atoms in total. The van der Waals surface area contributed by atoms with E-state index in [4.69, 9.17) is 26.2 Å². The fourth-order valence-corrected chi connectivity index (χ4v) is 3.95. The normalized spacial score (nSPS) is 18.2. The van der Waals surface area contributed by atoms with Crippen LogP contribution in [0, 0.1) is 5.41 Å². The van der Waals surface area contributed by atoms with Gasteiger partial charge in [0.25, 0.3) is 5.91 Å². The SMILES string of the molecule is COc1ccc(C2C(n3cncn3)C(C(C)(C)C)=NN2C(=O)COc2ccc(Cl)cc2)cc1. The Balaban J connectivity index is 1.70. The van der Waals surface area contributed by atoms with Crippen LogP contribution in [0.1, 0.15) is 38.4 Å². The maximum Gasteiger partial charge on any atom is 0.281 e. The second kappa shape index (κ2) is 9.23. The summed E-state index contributed by atoms with van der Waals surface area (Å²) in [4.78, 5) is 17.5. The van der Waals surface area contributed by atoms with Gasteiger partial charge in [0.1, 0.15) is 36.2 Å². The summed E-state index contributed by atoms with van der Waals surface area (Å²) in [5.41, 5.74) is 1.42. The average Bonchev–Trinajstić information content (AvgIpc) is 3.46. The van der Waals surface area contributed by atoms with Gasteiger partial charge in [-0.2, -0.15) is 10.2 Å². The van der Waals surface area contributed by atoms with Crippen molar-refractivity contribution in [3.05, 3.63) is 71.8 Å². The molecule has 0 radical (unpaired) electrons. The molecule has 0 saturated heterocycles. The molecule has 4 rings (SSSR count). The number of carbonyl (C=O) groups is 1. The summed E-state index contributed by atoms with van der Waals surface area (Å²) in [6.45, 7) is 6.04. The molecule has 3 aromatic rings. The minimum atomic E-state index is -0.423. The summed E-state index contributed by atoms with van der Waals surface area (Å²) in [5, 5.41) is 11.3. The van der Waals surface area contributed by atoms with E-state index in [-0.39, 0.29) is 24.0 Å². The van der Waals surface area contributed by atoms with Crippen molar-refractivity contribution >= 4 is 23.2 Å². The van der Waals surface area contributed by atoms with Crippen LogP contribution in [0.3, 0.4) is 0 Å². The number of hydrogen-bond acceptors (Lipinski definition) is 6. The first kappa shape index (κ1) is 22.8. The number of halogens is 1. The highest BCUT2D eigenvalue weighted by Crippen LogP contribution is 2.43. The third-order valence-electron chi connectivity index (χ3n) is 5.44. The average molecular weight is 468 g/mol. The van der Waals surface area contributed by atoms with Crippen LogP contribution in [-0.2, 0) is 4.79 Å². The molecule has 1 aliphatic rings. The lowest BCUT2D eigenvalue weighted by molar-refractivity contribution is -0.135. The molecule has 1 aliphatic heterocycles. The lowest BCUT2D eigenvalue weighted by Crippen LogP contribution is -2.36. The van der Waals surface area contributed by atoms with Crippen LogP contribution in [0.2, 0.25) is 5.02 Å². The van der Waals surface area contributed by atoms with Gasteiger partial charge < -0.3 is 9.47 Å². The number of ether oxygens (including phenoxy) is 2. The highest BCUT2D eigenvalue weighted by molar-refractivity contribution is 6.30. The molecule has 172 valence electrons. The highest BCUT2D eigenvalue weighted by atomic mass is 35.5. The van der Waals surface area contributed by atoms with E-state index in [2.05, 4.69) is 30.9 Å². The molecule has 0 aliphatic carbocycles. The Hall–Kier alpha value is -3.39. The maximum absolute atomic E-state index is 13.4. The van der Waals surface area contributed by atoms with Gasteiger partial charge in [0.05, 0.1) is 12.8 Å². The Kier molecular flexibility index (Phi) is 6.37. The van der Waals surface area contributed by atoms with E-state index < -0.39 is 6.04 Å². The summed E-state index contributed by atoms with van der Waals surface area (Å²) in [6, 6.07) is 13.8. The predicted octanol–water partition coefficient (Wildman–Crippen LogP) is 4.55. The van der Waals surface area contributed by atoms with Crippen LogP contribution >= 0.6 is 11.6 Å². The van der Waals surface area contributed by atoms with Gasteiger partial charge in [-0.15, -0.1) is 0 Å². The van der Waals surface area contributed by atoms with Gasteiger partial charge in [-0.3, -0.25) is 4.79 Å². The Bertz CT molecular complexity index is 1120. The van der Waals surface area contributed by atoms with Crippen LogP contribution in [0.5, 0.6) is 11.5 Å². The third-order valence-corrected chi connectivity index (χ3v) is 5.69. The van der Waals surface area contributed by atoms with Gasteiger partial charge in [-0.1, -0.05) is 44.5 Å². The second-order valence-corrected chi connectivity index (χ2v) is 9.19. The maximum atomic E-state index is 13.4. The molecule has 33 heavy (non-hydrogen) atoms. The molecule has 0 saturated carbocycles. The van der Waals surface area contributed by atoms with Crippen molar-refractivity contribution in [2.24, 2.45) is 10.5 Å². The molecular formula is C24H26ClN5O3. The molecule has 2 aromatic carbocycles. The number of benzene rings is 2. The number of rotatable bonds is 6. The van der Waals surface area contributed by atoms with E-state index in [0.717, 1.165) is 17.0 Å². The second-order valence-electron chi connectivity index (χ2n) is 8.75. The van der Waals surface area contributed by atoms with Gasteiger partial charge in [0.15, 0.2) is 6.61 Å². The molecule has 1 aromatic heterocycles. The lowest BCUT2D eigenvalue weighted by Gasteiger charge is -2.29. The fourth-order valence-electron chi connectivity index (χ4n) is 3.82. The van der Waals surface area contributed by atoms with Gasteiger partial charge in [-0.25, -0.2) is 14.7 Å². The van der Waals surface area contributed by atoms with E-state index in [1.165, 1.54) is 11.3 Å². The van der Waals surface area contributed by atoms with E-state index in [0.29, 0.717) is 10.8 Å². The lowest BCUT2D eigenvalue weighted by atomic mass is 9.82. The number of aromatic nitrogens is 3. The summed E-state index contributed by atoms with van der Waals surface area (Å²) >= 11 is 5.94. The van der Waals surface area contributed by atoms with Crippen LogP contribution in [0.25, 0.3) is 0 Å². The fraction of sp³-hybridized carbons (Fsp3) is 0.333. The van der Waals surface area contributed by atoms with Crippen molar-refractivity contribution in [2.75, 3.05) is 13.7 Å². The number of hydrogen-bond donors (Lipinski definition) is 0. The molecule has 0 N–H and O–H groups in total. The summed E-state index contributed by atoms with van der Waals surface area (Å²) in [7, 11) is 1.62. The summed E-state index contributed by atoms with van der Waals surface area (Å²) in [5.74, 6) is 1.02. The zero-order valence-corrected chi connectivity index (χ0v) is 19.7. The number of amides is 1. The first-order valence-corrected chi connectivity index (χ1v) is 10.9. The quantitative estimate of drug-likeness (QED) is 0.531. The first-order valence-electron chi connectivity index (χ1n) is 10.6. The molecule has 2 atom stereocenters. The van der Waals surface area contributed by atoms with Crippen LogP contribution in [-0.4, -0.2) is 45.1 Å².